The van der Waals surface area contributed by atoms with Crippen LogP contribution in [0.4, 0.5) is 0 Å². The van der Waals surface area contributed by atoms with Gasteiger partial charge < -0.3 is 0 Å². The molecule has 0 aromatic carbocycles. The van der Waals surface area contributed by atoms with Crippen molar-refractivity contribution in [1.29, 1.82) is 0 Å². The Balaban J connectivity index is 1.91. The topological polar surface area (TPSA) is 34.9 Å². The molecule has 0 saturated heterocycles. The second-order valence-corrected chi connectivity index (χ2v) is 6.93. The van der Waals surface area contributed by atoms with E-state index in [4.69, 9.17) is 11.6 Å². The van der Waals surface area contributed by atoms with Crippen LogP contribution < -0.4 is 0 Å². The van der Waals surface area contributed by atoms with E-state index < -0.39 is 0 Å². The molecule has 3 nitrogen and oxygen atoms in total. The van der Waals surface area contributed by atoms with E-state index in [0.29, 0.717) is 11.4 Å². The SMILES string of the molecule is CCn1nc(C)c(Cl)c1CC(=O)c1cc2sccc2s1. The molecule has 0 radical (unpaired) electrons. The molecule has 3 aromatic heterocycles. The fraction of sp³-hybridized carbons (Fsp3) is 0.286. The van der Waals surface area contributed by atoms with Crippen LogP contribution >= 0.6 is 34.3 Å². The number of hydrogen-bond acceptors (Lipinski definition) is 4. The molecule has 0 amide bonds. The first-order valence-corrected chi connectivity index (χ1v) is 8.39. The highest BCUT2D eigenvalue weighted by atomic mass is 35.5. The molecule has 0 fully saturated rings. The average Bonchev–Trinajstić information content (AvgIpc) is 3.07. The number of Topliss-reactive ketones (excluding diaryl/α,β-unsaturated/α-hetero) is 1. The summed E-state index contributed by atoms with van der Waals surface area (Å²) < 4.78 is 4.15. The molecule has 3 aromatic rings. The lowest BCUT2D eigenvalue weighted by molar-refractivity contribution is 0.0994. The highest BCUT2D eigenvalue weighted by molar-refractivity contribution is 7.27. The molecular formula is C14H13ClN2OS2. The molecule has 0 aliphatic rings. The summed E-state index contributed by atoms with van der Waals surface area (Å²) in [6.45, 7) is 4.58. The van der Waals surface area contributed by atoms with E-state index in [0.717, 1.165) is 22.8 Å². The fourth-order valence-electron chi connectivity index (χ4n) is 2.18. The average molecular weight is 325 g/mol. The Hall–Kier alpha value is -1.17. The van der Waals surface area contributed by atoms with Crippen molar-refractivity contribution in [2.75, 3.05) is 0 Å². The maximum absolute atomic E-state index is 12.4. The third-order valence-corrected chi connectivity index (χ3v) is 5.82. The molecule has 0 aliphatic heterocycles. The number of aryl methyl sites for hydroxylation is 2. The third-order valence-electron chi connectivity index (χ3n) is 3.20. The Morgan fingerprint density at radius 3 is 2.95 bits per heavy atom. The van der Waals surface area contributed by atoms with E-state index in [1.165, 1.54) is 9.40 Å². The lowest BCUT2D eigenvalue weighted by Gasteiger charge is -2.03. The highest BCUT2D eigenvalue weighted by Gasteiger charge is 2.18. The number of thiophene rings is 2. The number of ketones is 1. The van der Waals surface area contributed by atoms with Gasteiger partial charge in [0.1, 0.15) is 0 Å². The number of halogens is 1. The van der Waals surface area contributed by atoms with E-state index >= 15 is 0 Å². The van der Waals surface area contributed by atoms with Gasteiger partial charge in [-0.25, -0.2) is 0 Å². The molecule has 0 saturated carbocycles. The Morgan fingerprint density at radius 2 is 2.25 bits per heavy atom. The van der Waals surface area contributed by atoms with Gasteiger partial charge in [0.25, 0.3) is 0 Å². The molecule has 3 heterocycles. The minimum atomic E-state index is 0.106. The van der Waals surface area contributed by atoms with Gasteiger partial charge in [0.2, 0.25) is 0 Å². The van der Waals surface area contributed by atoms with Gasteiger partial charge in [-0.3, -0.25) is 9.48 Å². The number of fused-ring (bicyclic) bond motifs is 1. The molecule has 0 unspecified atom stereocenters. The van der Waals surface area contributed by atoms with Crippen LogP contribution in [0.2, 0.25) is 5.02 Å². The molecule has 0 aliphatic carbocycles. The van der Waals surface area contributed by atoms with Crippen LogP contribution in [0.15, 0.2) is 17.5 Å². The van der Waals surface area contributed by atoms with Crippen LogP contribution in [0.3, 0.4) is 0 Å². The maximum Gasteiger partial charge on any atom is 0.178 e. The van der Waals surface area contributed by atoms with Gasteiger partial charge in [0, 0.05) is 15.9 Å². The molecular weight excluding hydrogens is 312 g/mol. The van der Waals surface area contributed by atoms with Crippen LogP contribution in [0.1, 0.15) is 28.0 Å². The fourth-order valence-corrected chi connectivity index (χ4v) is 4.43. The van der Waals surface area contributed by atoms with E-state index in [1.807, 2.05) is 30.0 Å². The van der Waals surface area contributed by atoms with Crippen LogP contribution in [0, 0.1) is 6.92 Å². The first kappa shape index (κ1) is 13.8. The van der Waals surface area contributed by atoms with Crippen molar-refractivity contribution in [1.82, 2.24) is 9.78 Å². The number of nitrogens with zero attached hydrogens (tertiary/aromatic N) is 2. The largest absolute Gasteiger partial charge is 0.293 e. The summed E-state index contributed by atoms with van der Waals surface area (Å²) in [7, 11) is 0. The number of carbonyl (C=O) groups is 1. The zero-order valence-corrected chi connectivity index (χ0v) is 13.5. The monoisotopic (exact) mass is 324 g/mol. The maximum atomic E-state index is 12.4. The summed E-state index contributed by atoms with van der Waals surface area (Å²) in [4.78, 5) is 13.2. The van der Waals surface area contributed by atoms with Crippen molar-refractivity contribution >= 4 is 49.5 Å². The van der Waals surface area contributed by atoms with Crippen molar-refractivity contribution in [2.45, 2.75) is 26.8 Å². The van der Waals surface area contributed by atoms with Crippen LogP contribution in [0.5, 0.6) is 0 Å². The van der Waals surface area contributed by atoms with Crippen LogP contribution in [-0.4, -0.2) is 15.6 Å². The minimum Gasteiger partial charge on any atom is -0.293 e. The van der Waals surface area contributed by atoms with Crippen molar-refractivity contribution in [2.24, 2.45) is 0 Å². The highest BCUT2D eigenvalue weighted by Crippen LogP contribution is 2.31. The first-order valence-electron chi connectivity index (χ1n) is 6.32. The van der Waals surface area contributed by atoms with Crippen molar-refractivity contribution < 1.29 is 4.79 Å². The molecule has 0 atom stereocenters. The molecule has 0 bridgehead atoms. The van der Waals surface area contributed by atoms with Gasteiger partial charge in [0.15, 0.2) is 5.78 Å². The van der Waals surface area contributed by atoms with Crippen LogP contribution in [0.25, 0.3) is 9.40 Å². The number of carbonyl (C=O) groups excluding carboxylic acids is 1. The second kappa shape index (κ2) is 5.31. The summed E-state index contributed by atoms with van der Waals surface area (Å²) in [6, 6.07) is 4.02. The van der Waals surface area contributed by atoms with Crippen molar-refractivity contribution in [3.8, 4) is 0 Å². The van der Waals surface area contributed by atoms with E-state index in [-0.39, 0.29) is 5.78 Å². The summed E-state index contributed by atoms with van der Waals surface area (Å²) in [5.74, 6) is 0.106. The molecule has 20 heavy (non-hydrogen) atoms. The van der Waals surface area contributed by atoms with E-state index in [2.05, 4.69) is 11.2 Å². The Bertz CT molecular complexity index is 756. The second-order valence-electron chi connectivity index (χ2n) is 4.52. The number of aromatic nitrogens is 2. The lowest BCUT2D eigenvalue weighted by Crippen LogP contribution is -2.09. The van der Waals surface area contributed by atoms with Crippen molar-refractivity contribution in [3.63, 3.8) is 0 Å². The summed E-state index contributed by atoms with van der Waals surface area (Å²) in [5, 5.41) is 7.00. The molecule has 0 N–H and O–H groups in total. The zero-order valence-electron chi connectivity index (χ0n) is 11.1. The lowest BCUT2D eigenvalue weighted by atomic mass is 10.2. The zero-order chi connectivity index (χ0) is 14.3. The summed E-state index contributed by atoms with van der Waals surface area (Å²) in [5.41, 5.74) is 1.59. The third kappa shape index (κ3) is 2.30. The normalized spacial score (nSPS) is 11.3. The summed E-state index contributed by atoms with van der Waals surface area (Å²) >= 11 is 9.46. The molecule has 0 spiro atoms. The smallest absolute Gasteiger partial charge is 0.178 e. The minimum absolute atomic E-state index is 0.106. The molecule has 3 rings (SSSR count). The Labute approximate surface area is 129 Å². The van der Waals surface area contributed by atoms with Gasteiger partial charge >= 0.3 is 0 Å². The first-order chi connectivity index (χ1) is 9.60. The van der Waals surface area contributed by atoms with Gasteiger partial charge in [-0.05, 0) is 31.4 Å². The van der Waals surface area contributed by atoms with E-state index in [1.54, 1.807) is 22.7 Å². The van der Waals surface area contributed by atoms with E-state index in [9.17, 15) is 4.79 Å². The quantitative estimate of drug-likeness (QED) is 0.659. The standard InChI is InChI=1S/C14H13ClN2OS2/c1-3-17-9(14(15)8(2)16-17)6-10(18)12-7-13-11(20-12)4-5-19-13/h4-5,7H,3,6H2,1-2H3. The van der Waals surface area contributed by atoms with Gasteiger partial charge in [-0.2, -0.15) is 5.10 Å². The number of hydrogen-bond donors (Lipinski definition) is 0. The van der Waals surface area contributed by atoms with Crippen molar-refractivity contribution in [3.05, 3.63) is 38.8 Å². The Kier molecular flexibility index (Phi) is 3.67. The summed E-state index contributed by atoms with van der Waals surface area (Å²) in [6.07, 6.45) is 0.307. The predicted molar refractivity (Wildman–Crippen MR) is 85.4 cm³/mol. The van der Waals surface area contributed by atoms with Gasteiger partial charge in [-0.15, -0.1) is 22.7 Å². The predicted octanol–water partition coefficient (Wildman–Crippen LogP) is 4.57. The number of rotatable bonds is 4. The Morgan fingerprint density at radius 1 is 1.45 bits per heavy atom. The van der Waals surface area contributed by atoms with Gasteiger partial charge in [-0.1, -0.05) is 11.6 Å². The van der Waals surface area contributed by atoms with Crippen LogP contribution in [-0.2, 0) is 13.0 Å². The van der Waals surface area contributed by atoms with Gasteiger partial charge in [0.05, 0.1) is 27.7 Å². The molecule has 104 valence electrons. The molecule has 6 heteroatoms.